The SMILES string of the molecule is COc1ccc(Cl)cc1N1CCN(c2ncc(C(=O)NCc3cccc(C(F)(F)F)c3)c(=O)[nH]2)CC1. The average Bonchev–Trinajstić information content (AvgIpc) is 2.87. The van der Waals surface area contributed by atoms with E-state index < -0.39 is 23.2 Å². The molecule has 0 radical (unpaired) electrons. The molecule has 1 aromatic heterocycles. The molecule has 1 aliphatic heterocycles. The molecule has 1 aliphatic rings. The van der Waals surface area contributed by atoms with Crippen LogP contribution < -0.4 is 25.4 Å². The second-order valence-corrected chi connectivity index (χ2v) is 8.56. The Labute approximate surface area is 209 Å². The lowest BCUT2D eigenvalue weighted by Gasteiger charge is -2.36. The Balaban J connectivity index is 1.38. The van der Waals surface area contributed by atoms with E-state index in [9.17, 15) is 22.8 Å². The Hall–Kier alpha value is -3.73. The number of nitrogens with zero attached hydrogens (tertiary/aromatic N) is 3. The van der Waals surface area contributed by atoms with Gasteiger partial charge >= 0.3 is 6.18 Å². The van der Waals surface area contributed by atoms with E-state index in [0.717, 1.165) is 17.8 Å². The minimum absolute atomic E-state index is 0.168. The molecule has 1 fully saturated rings. The van der Waals surface area contributed by atoms with Crippen molar-refractivity contribution in [3.63, 3.8) is 0 Å². The second-order valence-electron chi connectivity index (χ2n) is 8.12. The van der Waals surface area contributed by atoms with Gasteiger partial charge in [0.2, 0.25) is 5.95 Å². The number of anilines is 2. The molecule has 8 nitrogen and oxygen atoms in total. The molecule has 4 rings (SSSR count). The fourth-order valence-electron chi connectivity index (χ4n) is 3.91. The van der Waals surface area contributed by atoms with Gasteiger partial charge in [0.1, 0.15) is 11.3 Å². The van der Waals surface area contributed by atoms with Crippen LogP contribution in [0.25, 0.3) is 0 Å². The summed E-state index contributed by atoms with van der Waals surface area (Å²) in [6.45, 7) is 2.19. The van der Waals surface area contributed by atoms with Crippen molar-refractivity contribution >= 4 is 29.1 Å². The number of alkyl halides is 3. The molecule has 36 heavy (non-hydrogen) atoms. The summed E-state index contributed by atoms with van der Waals surface area (Å²) in [6, 6.07) is 10.0. The molecule has 190 valence electrons. The maximum absolute atomic E-state index is 12.9. The van der Waals surface area contributed by atoms with Gasteiger partial charge in [-0.15, -0.1) is 0 Å². The largest absolute Gasteiger partial charge is 0.495 e. The van der Waals surface area contributed by atoms with Crippen molar-refractivity contribution in [3.8, 4) is 5.75 Å². The lowest BCUT2D eigenvalue weighted by Crippen LogP contribution is -2.47. The molecule has 1 amide bonds. The van der Waals surface area contributed by atoms with E-state index in [-0.39, 0.29) is 17.7 Å². The van der Waals surface area contributed by atoms with Crippen LogP contribution in [0.4, 0.5) is 24.8 Å². The maximum atomic E-state index is 12.9. The van der Waals surface area contributed by atoms with E-state index in [1.54, 1.807) is 19.2 Å². The molecular formula is C24H23ClF3N5O3. The molecule has 0 spiro atoms. The highest BCUT2D eigenvalue weighted by Crippen LogP contribution is 2.32. The van der Waals surface area contributed by atoms with Gasteiger partial charge in [-0.25, -0.2) is 4.98 Å². The first-order valence-electron chi connectivity index (χ1n) is 11.0. The average molecular weight is 522 g/mol. The van der Waals surface area contributed by atoms with Gasteiger partial charge in [-0.3, -0.25) is 14.6 Å². The summed E-state index contributed by atoms with van der Waals surface area (Å²) >= 11 is 6.14. The summed E-state index contributed by atoms with van der Waals surface area (Å²) in [5, 5.41) is 3.06. The number of amides is 1. The highest BCUT2D eigenvalue weighted by Gasteiger charge is 2.30. The summed E-state index contributed by atoms with van der Waals surface area (Å²) in [4.78, 5) is 35.9. The number of aromatic nitrogens is 2. The molecule has 12 heteroatoms. The van der Waals surface area contributed by atoms with Gasteiger partial charge in [-0.1, -0.05) is 23.7 Å². The lowest BCUT2D eigenvalue weighted by molar-refractivity contribution is -0.137. The van der Waals surface area contributed by atoms with Crippen LogP contribution in [0.3, 0.4) is 0 Å². The van der Waals surface area contributed by atoms with Crippen LogP contribution >= 0.6 is 11.6 Å². The topological polar surface area (TPSA) is 90.6 Å². The molecule has 3 aromatic rings. The first kappa shape index (κ1) is 25.4. The molecule has 0 bridgehead atoms. The van der Waals surface area contributed by atoms with E-state index in [4.69, 9.17) is 16.3 Å². The van der Waals surface area contributed by atoms with Crippen LogP contribution in [-0.2, 0) is 12.7 Å². The number of rotatable bonds is 6. The van der Waals surface area contributed by atoms with Gasteiger partial charge in [-0.05, 0) is 35.9 Å². The first-order chi connectivity index (χ1) is 17.2. The Morgan fingerprint density at radius 3 is 2.53 bits per heavy atom. The number of nitrogens with one attached hydrogen (secondary N) is 2. The summed E-state index contributed by atoms with van der Waals surface area (Å²) < 4.78 is 44.0. The third-order valence-corrected chi connectivity index (χ3v) is 6.03. The zero-order chi connectivity index (χ0) is 25.9. The highest BCUT2D eigenvalue weighted by atomic mass is 35.5. The third kappa shape index (κ3) is 5.73. The molecule has 0 atom stereocenters. The predicted octanol–water partition coefficient (Wildman–Crippen LogP) is 3.71. The second kappa shape index (κ2) is 10.5. The number of aromatic amines is 1. The molecule has 2 heterocycles. The van der Waals surface area contributed by atoms with Crippen molar-refractivity contribution in [1.82, 2.24) is 15.3 Å². The maximum Gasteiger partial charge on any atom is 0.416 e. The smallest absolute Gasteiger partial charge is 0.416 e. The number of hydrogen-bond donors (Lipinski definition) is 2. The fraction of sp³-hybridized carbons (Fsp3) is 0.292. The number of ether oxygens (including phenoxy) is 1. The van der Waals surface area contributed by atoms with Gasteiger partial charge in [0.25, 0.3) is 11.5 Å². The first-order valence-corrected chi connectivity index (χ1v) is 11.4. The van der Waals surface area contributed by atoms with Crippen molar-refractivity contribution in [2.24, 2.45) is 0 Å². The van der Waals surface area contributed by atoms with Gasteiger partial charge in [0.05, 0.1) is 18.4 Å². The van der Waals surface area contributed by atoms with Crippen LogP contribution in [0.2, 0.25) is 5.02 Å². The Morgan fingerprint density at radius 2 is 1.86 bits per heavy atom. The minimum Gasteiger partial charge on any atom is -0.495 e. The summed E-state index contributed by atoms with van der Waals surface area (Å²) in [6.07, 6.45) is -3.31. The van der Waals surface area contributed by atoms with E-state index in [0.29, 0.717) is 42.9 Å². The standard InChI is InChI=1S/C24H23ClF3N5O3/c1-36-20-6-5-17(25)12-19(20)32-7-9-33(10-8-32)23-30-14-18(22(35)31-23)21(34)29-13-15-3-2-4-16(11-15)24(26,27)28/h2-6,11-12,14H,7-10,13H2,1H3,(H,29,34)(H,30,31,35). The minimum atomic E-state index is -4.48. The number of H-pyrrole nitrogens is 1. The molecule has 2 N–H and O–H groups in total. The van der Waals surface area contributed by atoms with Gasteiger partial charge in [-0.2, -0.15) is 13.2 Å². The fourth-order valence-corrected chi connectivity index (χ4v) is 4.08. The van der Waals surface area contributed by atoms with E-state index in [1.165, 1.54) is 18.3 Å². The highest BCUT2D eigenvalue weighted by molar-refractivity contribution is 6.30. The zero-order valence-corrected chi connectivity index (χ0v) is 20.0. The Morgan fingerprint density at radius 1 is 1.14 bits per heavy atom. The van der Waals surface area contributed by atoms with E-state index in [1.807, 2.05) is 11.0 Å². The van der Waals surface area contributed by atoms with Crippen LogP contribution in [0, 0.1) is 0 Å². The summed E-state index contributed by atoms with van der Waals surface area (Å²) in [7, 11) is 1.59. The number of piperazine rings is 1. The van der Waals surface area contributed by atoms with E-state index >= 15 is 0 Å². The van der Waals surface area contributed by atoms with Crippen molar-refractivity contribution in [3.05, 3.63) is 80.7 Å². The van der Waals surface area contributed by atoms with Crippen molar-refractivity contribution < 1.29 is 22.7 Å². The molecular weight excluding hydrogens is 499 g/mol. The van der Waals surface area contributed by atoms with Gasteiger partial charge in [0, 0.05) is 43.9 Å². The number of carbonyl (C=O) groups excluding carboxylic acids is 1. The number of hydrogen-bond acceptors (Lipinski definition) is 6. The van der Waals surface area contributed by atoms with Crippen LogP contribution in [-0.4, -0.2) is 49.2 Å². The summed E-state index contributed by atoms with van der Waals surface area (Å²) in [5.41, 5.74) is -0.548. The van der Waals surface area contributed by atoms with Crippen LogP contribution in [0.5, 0.6) is 5.75 Å². The number of methoxy groups -OCH3 is 1. The molecule has 2 aromatic carbocycles. The van der Waals surface area contributed by atoms with E-state index in [2.05, 4.69) is 20.2 Å². The Bertz CT molecular complexity index is 1310. The lowest BCUT2D eigenvalue weighted by atomic mass is 10.1. The summed E-state index contributed by atoms with van der Waals surface area (Å²) in [5.74, 6) is 0.303. The van der Waals surface area contributed by atoms with Gasteiger partial charge in [0.15, 0.2) is 0 Å². The Kier molecular flexibility index (Phi) is 7.39. The zero-order valence-electron chi connectivity index (χ0n) is 19.2. The third-order valence-electron chi connectivity index (χ3n) is 5.80. The van der Waals surface area contributed by atoms with Crippen LogP contribution in [0.15, 0.2) is 53.5 Å². The molecule has 0 unspecified atom stereocenters. The van der Waals surface area contributed by atoms with Gasteiger partial charge < -0.3 is 19.9 Å². The van der Waals surface area contributed by atoms with Crippen molar-refractivity contribution in [2.45, 2.75) is 12.7 Å². The normalized spacial score (nSPS) is 14.0. The number of carbonyl (C=O) groups is 1. The molecule has 0 aliphatic carbocycles. The van der Waals surface area contributed by atoms with Crippen molar-refractivity contribution in [1.29, 1.82) is 0 Å². The molecule has 0 saturated carbocycles. The monoisotopic (exact) mass is 521 g/mol. The predicted molar refractivity (Wildman–Crippen MR) is 130 cm³/mol. The quantitative estimate of drug-likeness (QED) is 0.514. The van der Waals surface area contributed by atoms with Crippen molar-refractivity contribution in [2.75, 3.05) is 43.1 Å². The van der Waals surface area contributed by atoms with Crippen LogP contribution in [0.1, 0.15) is 21.5 Å². The number of benzene rings is 2. The molecule has 1 saturated heterocycles. The number of halogens is 4.